The Bertz CT molecular complexity index is 1090. The summed E-state index contributed by atoms with van der Waals surface area (Å²) >= 11 is 6.35. The second-order valence-electron chi connectivity index (χ2n) is 5.72. The Morgan fingerprint density at radius 2 is 1.56 bits per heavy atom. The molecule has 1 N–H and O–H groups in total. The summed E-state index contributed by atoms with van der Waals surface area (Å²) in [5, 5.41) is 4.92. The van der Waals surface area contributed by atoms with Crippen molar-refractivity contribution in [3.63, 3.8) is 0 Å². The fourth-order valence-corrected chi connectivity index (χ4v) is 3.03. The van der Waals surface area contributed by atoms with Crippen LogP contribution in [0.2, 0.25) is 5.02 Å². The van der Waals surface area contributed by atoms with Crippen molar-refractivity contribution in [2.75, 3.05) is 12.4 Å². The van der Waals surface area contributed by atoms with Crippen LogP contribution in [-0.4, -0.2) is 17.1 Å². The van der Waals surface area contributed by atoms with Crippen molar-refractivity contribution < 1.29 is 4.74 Å². The van der Waals surface area contributed by atoms with E-state index in [1.54, 1.807) is 7.11 Å². The highest BCUT2D eigenvalue weighted by Gasteiger charge is 2.13. The number of fused-ring (bicyclic) bond motifs is 1. The van der Waals surface area contributed by atoms with E-state index in [0.717, 1.165) is 27.9 Å². The Morgan fingerprint density at radius 1 is 0.852 bits per heavy atom. The Labute approximate surface area is 168 Å². The van der Waals surface area contributed by atoms with E-state index < -0.39 is 0 Å². The van der Waals surface area contributed by atoms with Gasteiger partial charge in [0.05, 0.1) is 23.3 Å². The highest BCUT2D eigenvalue weighted by atomic mass is 35.5. The Hall–Kier alpha value is -2.82. The number of methoxy groups -OCH3 is 1. The average Bonchev–Trinajstić information content (AvgIpc) is 2.68. The maximum Gasteiger partial charge on any atom is 0.163 e. The van der Waals surface area contributed by atoms with Crippen LogP contribution in [0, 0.1) is 0 Å². The molecule has 0 atom stereocenters. The number of nitrogens with zero attached hydrogens (tertiary/aromatic N) is 2. The van der Waals surface area contributed by atoms with Gasteiger partial charge in [-0.2, -0.15) is 0 Å². The van der Waals surface area contributed by atoms with Crippen LogP contribution in [0.4, 0.5) is 11.5 Å². The zero-order valence-electron chi connectivity index (χ0n) is 14.5. The Morgan fingerprint density at radius 3 is 2.37 bits per heavy atom. The van der Waals surface area contributed by atoms with Crippen LogP contribution in [0.15, 0.2) is 72.8 Å². The van der Waals surface area contributed by atoms with Crippen molar-refractivity contribution in [2.45, 2.75) is 0 Å². The standard InChI is InChI=1S/C21H16ClN3O.ClH/c1-26-19-13-7-6-12-18(19)24-21-15-9-3-5-11-17(15)23-20(25-21)14-8-2-4-10-16(14)22;/h2-13H,1H3,(H,23,24,25);1H. The van der Waals surface area contributed by atoms with Crippen LogP contribution in [0.25, 0.3) is 22.3 Å². The molecule has 0 saturated carbocycles. The van der Waals surface area contributed by atoms with E-state index in [-0.39, 0.29) is 12.4 Å². The molecule has 0 aliphatic heterocycles. The predicted molar refractivity (Wildman–Crippen MR) is 114 cm³/mol. The first-order chi connectivity index (χ1) is 12.8. The lowest BCUT2D eigenvalue weighted by atomic mass is 10.1. The van der Waals surface area contributed by atoms with Gasteiger partial charge in [-0.1, -0.05) is 48.0 Å². The molecule has 6 heteroatoms. The summed E-state index contributed by atoms with van der Waals surface area (Å²) in [7, 11) is 1.65. The van der Waals surface area contributed by atoms with E-state index in [1.165, 1.54) is 0 Å². The molecule has 1 heterocycles. The van der Waals surface area contributed by atoms with Gasteiger partial charge < -0.3 is 10.1 Å². The summed E-state index contributed by atoms with van der Waals surface area (Å²) in [5.74, 6) is 2.02. The number of benzene rings is 3. The van der Waals surface area contributed by atoms with Crippen LogP contribution < -0.4 is 10.1 Å². The molecule has 1 aromatic heterocycles. The monoisotopic (exact) mass is 397 g/mol. The summed E-state index contributed by atoms with van der Waals surface area (Å²) in [6, 6.07) is 23.2. The minimum Gasteiger partial charge on any atom is -0.495 e. The minimum atomic E-state index is 0. The van der Waals surface area contributed by atoms with Crippen molar-refractivity contribution >= 4 is 46.4 Å². The third kappa shape index (κ3) is 3.82. The number of aromatic nitrogens is 2. The molecule has 0 radical (unpaired) electrons. The fraction of sp³-hybridized carbons (Fsp3) is 0.0476. The number of rotatable bonds is 4. The van der Waals surface area contributed by atoms with Crippen molar-refractivity contribution in [3.05, 3.63) is 77.8 Å². The summed E-state index contributed by atoms with van der Waals surface area (Å²) < 4.78 is 5.44. The van der Waals surface area contributed by atoms with Crippen LogP contribution in [0.5, 0.6) is 5.75 Å². The molecule has 0 amide bonds. The van der Waals surface area contributed by atoms with Gasteiger partial charge in [0.1, 0.15) is 11.6 Å². The van der Waals surface area contributed by atoms with Crippen LogP contribution >= 0.6 is 24.0 Å². The highest BCUT2D eigenvalue weighted by molar-refractivity contribution is 6.33. The molecule has 0 saturated heterocycles. The van der Waals surface area contributed by atoms with Crippen molar-refractivity contribution in [2.24, 2.45) is 0 Å². The van der Waals surface area contributed by atoms with Crippen LogP contribution in [-0.2, 0) is 0 Å². The maximum absolute atomic E-state index is 6.35. The highest BCUT2D eigenvalue weighted by Crippen LogP contribution is 2.32. The average molecular weight is 398 g/mol. The first kappa shape index (κ1) is 19.0. The Kier molecular flexibility index (Phi) is 5.79. The molecule has 4 aromatic rings. The van der Waals surface area contributed by atoms with E-state index in [2.05, 4.69) is 10.3 Å². The van der Waals surface area contributed by atoms with Gasteiger partial charge in [-0.3, -0.25) is 0 Å². The maximum atomic E-state index is 6.35. The quantitative estimate of drug-likeness (QED) is 0.450. The molecule has 4 rings (SSSR count). The Balaban J connectivity index is 0.00000210. The molecule has 0 fully saturated rings. The van der Waals surface area contributed by atoms with Gasteiger partial charge in [0.2, 0.25) is 0 Å². The zero-order chi connectivity index (χ0) is 17.9. The third-order valence-corrected chi connectivity index (χ3v) is 4.41. The number of halogens is 2. The van der Waals surface area contributed by atoms with E-state index in [1.807, 2.05) is 72.8 Å². The third-order valence-electron chi connectivity index (χ3n) is 4.08. The molecule has 0 aliphatic rings. The van der Waals surface area contributed by atoms with Gasteiger partial charge >= 0.3 is 0 Å². The van der Waals surface area contributed by atoms with E-state index in [4.69, 9.17) is 21.3 Å². The second-order valence-corrected chi connectivity index (χ2v) is 6.13. The molecule has 0 bridgehead atoms. The molecule has 136 valence electrons. The second kappa shape index (κ2) is 8.25. The lowest BCUT2D eigenvalue weighted by Gasteiger charge is -2.13. The lowest BCUT2D eigenvalue weighted by molar-refractivity contribution is 0.417. The van der Waals surface area contributed by atoms with Crippen molar-refractivity contribution in [1.82, 2.24) is 9.97 Å². The predicted octanol–water partition coefficient (Wildman–Crippen LogP) is 6.12. The smallest absolute Gasteiger partial charge is 0.163 e. The van der Waals surface area contributed by atoms with Crippen LogP contribution in [0.1, 0.15) is 0 Å². The van der Waals surface area contributed by atoms with Gasteiger partial charge in [0, 0.05) is 10.9 Å². The first-order valence-electron chi connectivity index (χ1n) is 8.18. The molecular formula is C21H17Cl2N3O. The fourth-order valence-electron chi connectivity index (χ4n) is 2.81. The summed E-state index contributed by atoms with van der Waals surface area (Å²) in [4.78, 5) is 9.42. The molecule has 0 spiro atoms. The molecule has 3 aromatic carbocycles. The van der Waals surface area contributed by atoms with E-state index in [9.17, 15) is 0 Å². The summed E-state index contributed by atoms with van der Waals surface area (Å²) in [6.07, 6.45) is 0. The molecule has 27 heavy (non-hydrogen) atoms. The topological polar surface area (TPSA) is 47.0 Å². The summed E-state index contributed by atoms with van der Waals surface area (Å²) in [5.41, 5.74) is 2.47. The SMILES string of the molecule is COc1ccccc1Nc1nc(-c2ccccc2Cl)nc2ccccc12.Cl. The number of anilines is 2. The number of hydrogen-bond acceptors (Lipinski definition) is 4. The van der Waals surface area contributed by atoms with Crippen LogP contribution in [0.3, 0.4) is 0 Å². The van der Waals surface area contributed by atoms with E-state index in [0.29, 0.717) is 16.7 Å². The van der Waals surface area contributed by atoms with Crippen molar-refractivity contribution in [1.29, 1.82) is 0 Å². The molecular weight excluding hydrogens is 381 g/mol. The molecule has 0 aliphatic carbocycles. The van der Waals surface area contributed by atoms with Crippen molar-refractivity contribution in [3.8, 4) is 17.1 Å². The van der Waals surface area contributed by atoms with Gasteiger partial charge in [-0.15, -0.1) is 12.4 Å². The molecule has 4 nitrogen and oxygen atoms in total. The number of nitrogens with one attached hydrogen (secondary N) is 1. The van der Waals surface area contributed by atoms with Gasteiger partial charge in [0.15, 0.2) is 5.82 Å². The number of ether oxygens (including phenoxy) is 1. The van der Waals surface area contributed by atoms with E-state index >= 15 is 0 Å². The van der Waals surface area contributed by atoms with Gasteiger partial charge in [-0.25, -0.2) is 9.97 Å². The minimum absolute atomic E-state index is 0. The number of para-hydroxylation sites is 3. The van der Waals surface area contributed by atoms with Gasteiger partial charge in [0.25, 0.3) is 0 Å². The normalized spacial score (nSPS) is 10.3. The summed E-state index contributed by atoms with van der Waals surface area (Å²) in [6.45, 7) is 0. The molecule has 0 unspecified atom stereocenters. The largest absolute Gasteiger partial charge is 0.495 e. The first-order valence-corrected chi connectivity index (χ1v) is 8.56. The lowest BCUT2D eigenvalue weighted by Crippen LogP contribution is -2.01. The number of hydrogen-bond donors (Lipinski definition) is 1. The zero-order valence-corrected chi connectivity index (χ0v) is 16.1. The van der Waals surface area contributed by atoms with Gasteiger partial charge in [-0.05, 0) is 36.4 Å².